The summed E-state index contributed by atoms with van der Waals surface area (Å²) in [7, 11) is -3.28. The first kappa shape index (κ1) is 42.1. The van der Waals surface area contributed by atoms with E-state index in [2.05, 4.69) is 231 Å². The normalized spacial score (nSPS) is 17.7. The quantitative estimate of drug-likeness (QED) is 0.0804. The van der Waals surface area contributed by atoms with Gasteiger partial charge in [0.15, 0.2) is 30.8 Å². The topological polar surface area (TPSA) is 46.2 Å². The molecule has 64 heavy (non-hydrogen) atoms. The van der Waals surface area contributed by atoms with Crippen molar-refractivity contribution in [3.8, 4) is 0 Å². The van der Waals surface area contributed by atoms with Gasteiger partial charge in [0.25, 0.3) is 0 Å². The highest BCUT2D eigenvalue weighted by atomic mass is 31.2. The third-order valence-electron chi connectivity index (χ3n) is 12.3. The van der Waals surface area contributed by atoms with Crippen LogP contribution in [0.2, 0.25) is 0 Å². The Morgan fingerprint density at radius 3 is 0.797 bits per heavy atom. The van der Waals surface area contributed by atoms with Crippen molar-refractivity contribution in [1.29, 1.82) is 0 Å². The molecule has 0 aliphatic carbocycles. The molecule has 0 amide bonds. The summed E-state index contributed by atoms with van der Waals surface area (Å²) in [5, 5.41) is 0. The lowest BCUT2D eigenvalue weighted by Crippen LogP contribution is -2.48. The molecule has 5 nitrogen and oxygen atoms in total. The molecule has 2 fully saturated rings. The molecule has 0 saturated carbocycles. The van der Waals surface area contributed by atoms with Crippen LogP contribution in [-0.4, -0.2) is 12.8 Å². The lowest BCUT2D eigenvalue weighted by atomic mass is 9.66. The third-order valence-corrected chi connectivity index (χ3v) is 15.0. The smallest absolute Gasteiger partial charge is 0.314 e. The number of hydrogen-bond donors (Lipinski definition) is 0. The van der Waals surface area contributed by atoms with Crippen LogP contribution in [0.1, 0.15) is 50.9 Å². The highest BCUT2D eigenvalue weighted by molar-refractivity contribution is 7.47. The Morgan fingerprint density at radius 1 is 0.312 bits per heavy atom. The number of allylic oxidation sites excluding steroid dienone is 1. The van der Waals surface area contributed by atoms with Crippen LogP contribution in [0.5, 0.6) is 0 Å². The largest absolute Gasteiger partial charge is 0.335 e. The molecule has 8 aromatic carbocycles. The van der Waals surface area contributed by atoms with Crippen molar-refractivity contribution in [3.63, 3.8) is 0 Å². The second kappa shape index (κ2) is 18.7. The molecule has 2 saturated heterocycles. The molecule has 2 aliphatic rings. The van der Waals surface area contributed by atoms with Gasteiger partial charge in [-0.05, 0) is 50.9 Å². The fraction of sp³-hybridized carbons (Fsp3) is 0.123. The molecule has 0 aromatic heterocycles. The molecular weight excluding hydrogens is 827 g/mol. The summed E-state index contributed by atoms with van der Waals surface area (Å²) in [6, 6.07) is 83.8. The predicted molar refractivity (Wildman–Crippen MR) is 257 cm³/mol. The maximum Gasteiger partial charge on any atom is 0.335 e. The summed E-state index contributed by atoms with van der Waals surface area (Å²) in [5.74, 6) is 0. The summed E-state index contributed by atoms with van der Waals surface area (Å²) in [5.41, 5.74) is 3.90. The minimum Gasteiger partial charge on any atom is -0.314 e. The number of rotatable bonds is 14. The van der Waals surface area contributed by atoms with Crippen LogP contribution in [-0.2, 0) is 45.0 Å². The van der Waals surface area contributed by atoms with E-state index >= 15 is 0 Å². The molecular formula is C57H48O5P2. The zero-order chi connectivity index (χ0) is 43.1. The molecule has 0 radical (unpaired) electrons. The van der Waals surface area contributed by atoms with Gasteiger partial charge in [0.05, 0.1) is 6.61 Å². The minimum absolute atomic E-state index is 0.292. The van der Waals surface area contributed by atoms with E-state index in [0.717, 1.165) is 44.5 Å². The summed E-state index contributed by atoms with van der Waals surface area (Å²) in [4.78, 5) is 0. The first-order valence-electron chi connectivity index (χ1n) is 21.8. The summed E-state index contributed by atoms with van der Waals surface area (Å²) < 4.78 is 36.2. The number of benzene rings is 8. The molecule has 10 rings (SSSR count). The zero-order valence-corrected chi connectivity index (χ0v) is 37.1. The van der Waals surface area contributed by atoms with E-state index in [0.29, 0.717) is 19.2 Å². The van der Waals surface area contributed by atoms with E-state index in [4.69, 9.17) is 22.6 Å². The van der Waals surface area contributed by atoms with Crippen molar-refractivity contribution < 1.29 is 22.6 Å². The van der Waals surface area contributed by atoms with Crippen LogP contribution in [0, 0.1) is 0 Å². The molecule has 0 bridgehead atoms. The maximum absolute atomic E-state index is 7.49. The SMILES string of the molecule is C(=C/COP1OC(c2ccccc2)(c2ccccc2)C(c2ccccc2)(c2ccccc2)O1)/CCP1OC(c2ccccc2)(c2ccccc2)C(c2ccccc2)(c2ccccc2)O1. The van der Waals surface area contributed by atoms with E-state index in [1.54, 1.807) is 0 Å². The van der Waals surface area contributed by atoms with Gasteiger partial charge in [-0.2, -0.15) is 0 Å². The van der Waals surface area contributed by atoms with Crippen molar-refractivity contribution in [2.75, 3.05) is 12.8 Å². The lowest BCUT2D eigenvalue weighted by Gasteiger charge is -2.44. The Balaban J connectivity index is 0.956. The molecule has 2 heterocycles. The standard InChI is InChI=1S/C57H48O5P2/c1-10-28-46(29-11-1)54(47-30-12-2-13-31-47)55(48-32-14-3-15-33-48,49-34-16-4-17-35-49)60-63(59-54)45-27-9-26-44-58-64-61-56(50-36-18-5-19-37-50,51-38-20-6-21-39-51)57(62-64,52-40-22-7-23-41-52)53-42-24-8-25-43-53/h1-26,28-43H,27,44-45H2/b26-9-. The van der Waals surface area contributed by atoms with Gasteiger partial charge in [-0.1, -0.05) is 255 Å². The van der Waals surface area contributed by atoms with Gasteiger partial charge in [-0.3, -0.25) is 9.05 Å². The third kappa shape index (κ3) is 7.28. The van der Waals surface area contributed by atoms with Crippen LogP contribution in [0.4, 0.5) is 0 Å². The molecule has 316 valence electrons. The maximum atomic E-state index is 7.49. The molecule has 2 aliphatic heterocycles. The second-order valence-corrected chi connectivity index (χ2v) is 18.4. The predicted octanol–water partition coefficient (Wildman–Crippen LogP) is 14.4. The Morgan fingerprint density at radius 2 is 0.547 bits per heavy atom. The van der Waals surface area contributed by atoms with Crippen molar-refractivity contribution in [3.05, 3.63) is 299 Å². The van der Waals surface area contributed by atoms with Crippen molar-refractivity contribution in [1.82, 2.24) is 0 Å². The minimum atomic E-state index is -1.87. The summed E-state index contributed by atoms with van der Waals surface area (Å²) >= 11 is 0. The van der Waals surface area contributed by atoms with Gasteiger partial charge in [0, 0.05) is 6.16 Å². The van der Waals surface area contributed by atoms with E-state index < -0.39 is 39.4 Å². The molecule has 0 spiro atoms. The van der Waals surface area contributed by atoms with Crippen LogP contribution in [0.3, 0.4) is 0 Å². The first-order valence-corrected chi connectivity index (χ1v) is 24.2. The van der Waals surface area contributed by atoms with E-state index in [1.165, 1.54) is 0 Å². The fourth-order valence-corrected chi connectivity index (χ4v) is 12.9. The Hall–Kier alpha value is -5.84. The Labute approximate surface area is 378 Å². The van der Waals surface area contributed by atoms with Gasteiger partial charge in [0.2, 0.25) is 0 Å². The van der Waals surface area contributed by atoms with Crippen molar-refractivity contribution >= 4 is 17.0 Å². The van der Waals surface area contributed by atoms with Gasteiger partial charge in [-0.25, -0.2) is 0 Å². The monoisotopic (exact) mass is 874 g/mol. The van der Waals surface area contributed by atoms with Crippen LogP contribution in [0.25, 0.3) is 0 Å². The summed E-state index contributed by atoms with van der Waals surface area (Å²) in [6.07, 6.45) is 5.60. The molecule has 8 aromatic rings. The lowest BCUT2D eigenvalue weighted by molar-refractivity contribution is 0.00370. The molecule has 0 atom stereocenters. The molecule has 7 heteroatoms. The van der Waals surface area contributed by atoms with Crippen LogP contribution in [0.15, 0.2) is 255 Å². The van der Waals surface area contributed by atoms with Crippen LogP contribution < -0.4 is 0 Å². The Kier molecular flexibility index (Phi) is 12.3. The van der Waals surface area contributed by atoms with E-state index in [9.17, 15) is 0 Å². The first-order chi connectivity index (χ1) is 31.7. The van der Waals surface area contributed by atoms with Crippen LogP contribution >= 0.6 is 17.0 Å². The van der Waals surface area contributed by atoms with Crippen molar-refractivity contribution in [2.45, 2.75) is 28.8 Å². The molecule has 0 N–H and O–H groups in total. The van der Waals surface area contributed by atoms with E-state index in [-0.39, 0.29) is 0 Å². The highest BCUT2D eigenvalue weighted by Gasteiger charge is 2.67. The Bertz CT molecular complexity index is 2200. The van der Waals surface area contributed by atoms with E-state index in [1.807, 2.05) is 24.3 Å². The van der Waals surface area contributed by atoms with Gasteiger partial charge in [-0.15, -0.1) is 0 Å². The van der Waals surface area contributed by atoms with Gasteiger partial charge < -0.3 is 13.6 Å². The van der Waals surface area contributed by atoms with Gasteiger partial charge >= 0.3 is 8.60 Å². The average Bonchev–Trinajstić information content (AvgIpc) is 3.94. The second-order valence-electron chi connectivity index (χ2n) is 15.9. The zero-order valence-electron chi connectivity index (χ0n) is 35.3. The van der Waals surface area contributed by atoms with Gasteiger partial charge in [0.1, 0.15) is 0 Å². The molecule has 0 unspecified atom stereocenters. The fourth-order valence-electron chi connectivity index (χ4n) is 9.53. The average molecular weight is 875 g/mol. The highest BCUT2D eigenvalue weighted by Crippen LogP contribution is 2.72. The van der Waals surface area contributed by atoms with Crippen molar-refractivity contribution in [2.24, 2.45) is 0 Å². The summed E-state index contributed by atoms with van der Waals surface area (Å²) in [6.45, 7) is 0.292. The number of hydrogen-bond acceptors (Lipinski definition) is 5.